The minimum absolute atomic E-state index is 0.232. The van der Waals surface area contributed by atoms with Gasteiger partial charge in [-0.25, -0.2) is 8.42 Å². The van der Waals surface area contributed by atoms with Crippen LogP contribution in [0.15, 0.2) is 54.2 Å². The molecule has 2 aromatic carbocycles. The summed E-state index contributed by atoms with van der Waals surface area (Å²) in [5.41, 5.74) is 2.70. The maximum atomic E-state index is 12.9. The first-order valence-corrected chi connectivity index (χ1v) is 11.6. The normalized spacial score (nSPS) is 11.6. The molecule has 0 aliphatic heterocycles. The number of rotatable bonds is 10. The van der Waals surface area contributed by atoms with Crippen LogP contribution < -0.4 is 19.1 Å². The number of sulfonamides is 1. The average Bonchev–Trinajstić information content (AvgIpc) is 3.19. The highest BCUT2D eigenvalue weighted by Crippen LogP contribution is 2.38. The summed E-state index contributed by atoms with van der Waals surface area (Å²) in [6, 6.07) is 9.99. The molecule has 0 bridgehead atoms. The molecule has 3 rings (SSSR count). The van der Waals surface area contributed by atoms with Crippen LogP contribution in [-0.2, 0) is 16.6 Å². The molecule has 3 aromatic rings. The predicted molar refractivity (Wildman–Crippen MR) is 113 cm³/mol. The van der Waals surface area contributed by atoms with Crippen molar-refractivity contribution in [2.24, 2.45) is 0 Å². The third-order valence-electron chi connectivity index (χ3n) is 3.93. The number of ether oxygens (including phenoxy) is 2. The van der Waals surface area contributed by atoms with Crippen molar-refractivity contribution < 1.29 is 35.5 Å². The predicted octanol–water partition coefficient (Wildman–Crippen LogP) is 5.06. The molecule has 7 nitrogen and oxygen atoms in total. The fourth-order valence-corrected chi connectivity index (χ4v) is 3.94. The van der Waals surface area contributed by atoms with Crippen LogP contribution in [0.1, 0.15) is 4.88 Å². The lowest BCUT2D eigenvalue weighted by atomic mass is 10.2. The lowest BCUT2D eigenvalue weighted by Gasteiger charge is -2.26. The Bertz CT molecular complexity index is 1150. The van der Waals surface area contributed by atoms with E-state index < -0.39 is 34.7 Å². The second kappa shape index (κ2) is 10.0. The zero-order valence-electron chi connectivity index (χ0n) is 16.4. The molecule has 1 heterocycles. The van der Waals surface area contributed by atoms with Crippen molar-refractivity contribution in [2.75, 3.05) is 15.9 Å². The highest BCUT2D eigenvalue weighted by molar-refractivity contribution is 7.92. The summed E-state index contributed by atoms with van der Waals surface area (Å²) in [7, 11) is -3.54. The van der Waals surface area contributed by atoms with Crippen molar-refractivity contribution in [3.63, 3.8) is 0 Å². The van der Waals surface area contributed by atoms with Gasteiger partial charge in [0.1, 0.15) is 0 Å². The average molecular weight is 491 g/mol. The molecule has 0 unspecified atom stereocenters. The van der Waals surface area contributed by atoms with Crippen LogP contribution in [0.4, 0.5) is 34.6 Å². The number of nitrogens with zero attached hydrogens (tertiary/aromatic N) is 2. The van der Waals surface area contributed by atoms with Gasteiger partial charge in [0.2, 0.25) is 10.0 Å². The monoisotopic (exact) mass is 491 g/mol. The zero-order chi connectivity index (χ0) is 23.3. The summed E-state index contributed by atoms with van der Waals surface area (Å²) in [6.07, 6.45) is 2.62. The molecule has 0 amide bonds. The molecule has 0 saturated heterocycles. The Morgan fingerprint density at radius 3 is 2.34 bits per heavy atom. The summed E-state index contributed by atoms with van der Waals surface area (Å²) in [4.78, 5) is 6.47. The lowest BCUT2D eigenvalue weighted by molar-refractivity contribution is -0.0692. The molecule has 0 saturated carbocycles. The number of alkyl halides is 4. The van der Waals surface area contributed by atoms with E-state index in [1.807, 2.05) is 0 Å². The summed E-state index contributed by atoms with van der Waals surface area (Å²) in [6.45, 7) is -6.26. The first kappa shape index (κ1) is 23.6. The maximum Gasteiger partial charge on any atom is 0.387 e. The molecule has 0 fully saturated rings. The Balaban J connectivity index is 2.05. The van der Waals surface area contributed by atoms with Gasteiger partial charge in [-0.1, -0.05) is 6.07 Å². The van der Waals surface area contributed by atoms with Crippen molar-refractivity contribution in [3.05, 3.63) is 59.0 Å². The number of nitrogens with one attached hydrogen (secondary N) is 1. The fraction of sp³-hybridized carbons (Fsp3) is 0.211. The van der Waals surface area contributed by atoms with Crippen molar-refractivity contribution in [2.45, 2.75) is 19.8 Å². The lowest BCUT2D eigenvalue weighted by Crippen LogP contribution is -2.17. The SMILES string of the molecule is CS(=O)(=O)Nc1cccc(N(Cc2cncs2)c2ccc(OC(F)F)c(OC(F)F)c2)c1. The molecule has 0 radical (unpaired) electrons. The molecule has 13 heteroatoms. The van der Waals surface area contributed by atoms with Crippen LogP contribution in [0.5, 0.6) is 11.5 Å². The van der Waals surface area contributed by atoms with E-state index in [4.69, 9.17) is 0 Å². The number of anilines is 3. The Kier molecular flexibility index (Phi) is 7.40. The first-order chi connectivity index (χ1) is 15.1. The number of aromatic nitrogens is 1. The molecule has 1 N–H and O–H groups in total. The standard InChI is InChI=1S/C19H17F4N3O4S2/c1-32(27,28)25-12-3-2-4-13(7-12)26(10-15-9-24-11-31-15)14-5-6-16(29-18(20)21)17(8-14)30-19(22)23/h2-9,11,18-19,25H,10H2,1H3. The number of hydrogen-bond donors (Lipinski definition) is 1. The minimum Gasteiger partial charge on any atom is -0.431 e. The van der Waals surface area contributed by atoms with E-state index in [-0.39, 0.29) is 12.2 Å². The fourth-order valence-electron chi connectivity index (χ4n) is 2.81. The quantitative estimate of drug-likeness (QED) is 0.400. The summed E-state index contributed by atoms with van der Waals surface area (Å²) in [5.74, 6) is -1.12. The highest BCUT2D eigenvalue weighted by Gasteiger charge is 2.19. The third kappa shape index (κ3) is 6.72. The second-order valence-corrected chi connectivity index (χ2v) is 9.09. The first-order valence-electron chi connectivity index (χ1n) is 8.87. The van der Waals surface area contributed by atoms with Gasteiger partial charge in [0, 0.05) is 28.5 Å². The van der Waals surface area contributed by atoms with Crippen LogP contribution >= 0.6 is 11.3 Å². The van der Waals surface area contributed by atoms with Gasteiger partial charge in [-0.3, -0.25) is 9.71 Å². The van der Waals surface area contributed by atoms with E-state index in [0.29, 0.717) is 11.4 Å². The Labute approximate surface area is 185 Å². The Morgan fingerprint density at radius 2 is 1.72 bits per heavy atom. The van der Waals surface area contributed by atoms with Crippen molar-refractivity contribution >= 4 is 38.4 Å². The van der Waals surface area contributed by atoms with Crippen LogP contribution in [0.2, 0.25) is 0 Å². The highest BCUT2D eigenvalue weighted by atomic mass is 32.2. The molecule has 0 atom stereocenters. The maximum absolute atomic E-state index is 12.9. The number of thiazole rings is 1. The van der Waals surface area contributed by atoms with Crippen LogP contribution in [0.25, 0.3) is 0 Å². The third-order valence-corrected chi connectivity index (χ3v) is 5.30. The largest absolute Gasteiger partial charge is 0.431 e. The molecule has 172 valence electrons. The Hall–Kier alpha value is -3.06. The molecule has 0 aliphatic rings. The van der Waals surface area contributed by atoms with E-state index in [2.05, 4.69) is 19.2 Å². The summed E-state index contributed by atoms with van der Waals surface area (Å²) < 4.78 is 85.2. The molecular weight excluding hydrogens is 474 g/mol. The van der Waals surface area contributed by atoms with Crippen molar-refractivity contribution in [3.8, 4) is 11.5 Å². The minimum atomic E-state index is -3.54. The van der Waals surface area contributed by atoms with E-state index in [0.717, 1.165) is 23.3 Å². The summed E-state index contributed by atoms with van der Waals surface area (Å²) in [5, 5.41) is 0. The van der Waals surface area contributed by atoms with Gasteiger partial charge >= 0.3 is 13.2 Å². The summed E-state index contributed by atoms with van der Waals surface area (Å²) >= 11 is 1.34. The van der Waals surface area contributed by atoms with E-state index >= 15 is 0 Å². The van der Waals surface area contributed by atoms with Gasteiger partial charge in [0.25, 0.3) is 0 Å². The van der Waals surface area contributed by atoms with Gasteiger partial charge < -0.3 is 14.4 Å². The Morgan fingerprint density at radius 1 is 1.03 bits per heavy atom. The van der Waals surface area contributed by atoms with E-state index in [1.165, 1.54) is 17.4 Å². The smallest absolute Gasteiger partial charge is 0.387 e. The molecular formula is C19H17F4N3O4S2. The molecule has 32 heavy (non-hydrogen) atoms. The van der Waals surface area contributed by atoms with Crippen molar-refractivity contribution in [1.29, 1.82) is 0 Å². The van der Waals surface area contributed by atoms with Crippen LogP contribution in [-0.4, -0.2) is 32.9 Å². The van der Waals surface area contributed by atoms with E-state index in [9.17, 15) is 26.0 Å². The van der Waals surface area contributed by atoms with Crippen molar-refractivity contribution in [1.82, 2.24) is 4.98 Å². The van der Waals surface area contributed by atoms with E-state index in [1.54, 1.807) is 40.9 Å². The topological polar surface area (TPSA) is 80.8 Å². The number of halogens is 4. The molecule has 0 aliphatic carbocycles. The number of benzene rings is 2. The number of hydrogen-bond acceptors (Lipinski definition) is 7. The molecule has 1 aromatic heterocycles. The van der Waals surface area contributed by atoms with Gasteiger partial charge in [-0.15, -0.1) is 11.3 Å². The van der Waals surface area contributed by atoms with Crippen LogP contribution in [0.3, 0.4) is 0 Å². The van der Waals surface area contributed by atoms with Gasteiger partial charge in [0.15, 0.2) is 11.5 Å². The zero-order valence-corrected chi connectivity index (χ0v) is 18.0. The molecule has 0 spiro atoms. The van der Waals surface area contributed by atoms with Gasteiger partial charge in [-0.2, -0.15) is 17.6 Å². The van der Waals surface area contributed by atoms with Crippen LogP contribution in [0, 0.1) is 0 Å². The van der Waals surface area contributed by atoms with Gasteiger partial charge in [-0.05, 0) is 30.3 Å². The second-order valence-electron chi connectivity index (χ2n) is 6.37. The van der Waals surface area contributed by atoms with Gasteiger partial charge in [0.05, 0.1) is 24.0 Å².